The number of nitrogens with one attached hydrogen (secondary N) is 1. The van der Waals surface area contributed by atoms with E-state index in [1.165, 1.54) is 10.6 Å². The Morgan fingerprint density at radius 2 is 1.96 bits per heavy atom. The molecular weight excluding hydrogens is 375 g/mol. The monoisotopic (exact) mass is 394 g/mol. The molecule has 1 heterocycles. The second-order valence-electron chi connectivity index (χ2n) is 5.77. The molecule has 1 fully saturated rings. The summed E-state index contributed by atoms with van der Waals surface area (Å²) >= 11 is 11.7. The van der Waals surface area contributed by atoms with Crippen molar-refractivity contribution in [3.63, 3.8) is 0 Å². The lowest BCUT2D eigenvalue weighted by molar-refractivity contribution is -0.123. The van der Waals surface area contributed by atoms with Crippen molar-refractivity contribution in [2.75, 3.05) is 32.5 Å². The summed E-state index contributed by atoms with van der Waals surface area (Å²) in [7, 11) is -3.12. The number of hydrogen-bond donors (Lipinski definition) is 1. The van der Waals surface area contributed by atoms with Crippen LogP contribution in [-0.2, 0) is 14.8 Å². The number of benzene rings is 1. The molecule has 0 atom stereocenters. The summed E-state index contributed by atoms with van der Waals surface area (Å²) in [6.07, 6.45) is 2.69. The van der Waals surface area contributed by atoms with Crippen molar-refractivity contribution in [1.29, 1.82) is 0 Å². The number of carbonyl (C=O) groups is 1. The predicted molar refractivity (Wildman–Crippen MR) is 94.1 cm³/mol. The van der Waals surface area contributed by atoms with Gasteiger partial charge in [-0.15, -0.1) is 0 Å². The number of amides is 1. The van der Waals surface area contributed by atoms with Crippen LogP contribution in [0, 0.1) is 5.92 Å². The molecule has 1 amide bonds. The molecule has 1 aliphatic heterocycles. The van der Waals surface area contributed by atoms with Crippen molar-refractivity contribution in [3.05, 3.63) is 28.2 Å². The highest BCUT2D eigenvalue weighted by molar-refractivity contribution is 7.88. The SMILES string of the molecule is CS(=O)(=O)N1CCC(CNC(=O)COc2ccc(Cl)c(Cl)c2)CC1. The van der Waals surface area contributed by atoms with Gasteiger partial charge in [0.05, 0.1) is 16.3 Å². The van der Waals surface area contributed by atoms with Gasteiger partial charge in [-0.05, 0) is 30.9 Å². The molecule has 24 heavy (non-hydrogen) atoms. The topological polar surface area (TPSA) is 75.7 Å². The van der Waals surface area contributed by atoms with Crippen molar-refractivity contribution >= 4 is 39.1 Å². The molecule has 0 saturated carbocycles. The maximum atomic E-state index is 11.8. The first-order valence-electron chi connectivity index (χ1n) is 7.55. The van der Waals surface area contributed by atoms with E-state index in [9.17, 15) is 13.2 Å². The smallest absolute Gasteiger partial charge is 0.257 e. The standard InChI is InChI=1S/C15H20Cl2N2O4S/c1-24(21,22)19-6-4-11(5-7-19)9-18-15(20)10-23-12-2-3-13(16)14(17)8-12/h2-3,8,11H,4-7,9-10H2,1H3,(H,18,20). The fraction of sp³-hybridized carbons (Fsp3) is 0.533. The third-order valence-corrected chi connectivity index (χ3v) is 5.93. The first-order valence-corrected chi connectivity index (χ1v) is 10.2. The number of carbonyl (C=O) groups excluding carboxylic acids is 1. The Morgan fingerprint density at radius 1 is 1.29 bits per heavy atom. The lowest BCUT2D eigenvalue weighted by atomic mass is 9.98. The van der Waals surface area contributed by atoms with Crippen LogP contribution in [0.4, 0.5) is 0 Å². The van der Waals surface area contributed by atoms with Gasteiger partial charge < -0.3 is 10.1 Å². The van der Waals surface area contributed by atoms with Crippen LogP contribution < -0.4 is 10.1 Å². The summed E-state index contributed by atoms with van der Waals surface area (Å²) in [4.78, 5) is 11.8. The highest BCUT2D eigenvalue weighted by atomic mass is 35.5. The van der Waals surface area contributed by atoms with Crippen molar-refractivity contribution in [2.45, 2.75) is 12.8 Å². The number of halogens is 2. The van der Waals surface area contributed by atoms with Gasteiger partial charge in [-0.3, -0.25) is 4.79 Å². The molecular formula is C15H20Cl2N2O4S. The number of hydrogen-bond acceptors (Lipinski definition) is 4. The summed E-state index contributed by atoms with van der Waals surface area (Å²) < 4.78 is 29.7. The third kappa shape index (κ3) is 5.81. The number of piperidine rings is 1. The van der Waals surface area contributed by atoms with E-state index >= 15 is 0 Å². The molecule has 134 valence electrons. The van der Waals surface area contributed by atoms with Crippen LogP contribution in [-0.4, -0.2) is 51.1 Å². The van der Waals surface area contributed by atoms with E-state index in [2.05, 4.69) is 5.32 Å². The molecule has 0 bridgehead atoms. The van der Waals surface area contributed by atoms with Crippen molar-refractivity contribution in [3.8, 4) is 5.75 Å². The van der Waals surface area contributed by atoms with Gasteiger partial charge in [0.1, 0.15) is 5.75 Å². The molecule has 0 radical (unpaired) electrons. The molecule has 2 rings (SSSR count). The molecule has 6 nitrogen and oxygen atoms in total. The van der Waals surface area contributed by atoms with Gasteiger partial charge in [0.15, 0.2) is 6.61 Å². The molecule has 0 unspecified atom stereocenters. The fourth-order valence-corrected chi connectivity index (χ4v) is 3.63. The van der Waals surface area contributed by atoms with Crippen LogP contribution in [0.2, 0.25) is 10.0 Å². The Hall–Kier alpha value is -1.02. The number of nitrogens with zero attached hydrogens (tertiary/aromatic N) is 1. The Kier molecular flexibility index (Phi) is 6.74. The van der Waals surface area contributed by atoms with Gasteiger partial charge in [0.2, 0.25) is 10.0 Å². The summed E-state index contributed by atoms with van der Waals surface area (Å²) in [5.74, 6) is 0.518. The molecule has 1 aromatic rings. The van der Waals surface area contributed by atoms with E-state index in [0.717, 1.165) is 12.8 Å². The first-order chi connectivity index (χ1) is 11.3. The third-order valence-electron chi connectivity index (χ3n) is 3.89. The van der Waals surface area contributed by atoms with Gasteiger partial charge in [-0.25, -0.2) is 12.7 Å². The molecule has 1 aliphatic rings. The zero-order valence-corrected chi connectivity index (χ0v) is 15.6. The molecule has 9 heteroatoms. The molecule has 1 aromatic carbocycles. The normalized spacial score (nSPS) is 16.8. The summed E-state index contributed by atoms with van der Waals surface area (Å²) in [6, 6.07) is 4.80. The van der Waals surface area contributed by atoms with Crippen LogP contribution in [0.25, 0.3) is 0 Å². The maximum absolute atomic E-state index is 11.8. The van der Waals surface area contributed by atoms with Crippen molar-refractivity contribution < 1.29 is 17.9 Å². The predicted octanol–water partition coefficient (Wildman–Crippen LogP) is 2.16. The van der Waals surface area contributed by atoms with E-state index < -0.39 is 10.0 Å². The first kappa shape index (κ1) is 19.3. The van der Waals surface area contributed by atoms with E-state index in [1.54, 1.807) is 18.2 Å². The Balaban J connectivity index is 1.69. The highest BCUT2D eigenvalue weighted by Gasteiger charge is 2.24. The highest BCUT2D eigenvalue weighted by Crippen LogP contribution is 2.26. The molecule has 0 spiro atoms. The largest absolute Gasteiger partial charge is 0.484 e. The van der Waals surface area contributed by atoms with Gasteiger partial charge in [-0.1, -0.05) is 23.2 Å². The van der Waals surface area contributed by atoms with Gasteiger partial charge in [-0.2, -0.15) is 0 Å². The quantitative estimate of drug-likeness (QED) is 0.801. The lowest BCUT2D eigenvalue weighted by Gasteiger charge is -2.30. The van der Waals surface area contributed by atoms with Crippen LogP contribution in [0.3, 0.4) is 0 Å². The molecule has 0 aromatic heterocycles. The average molecular weight is 395 g/mol. The fourth-order valence-electron chi connectivity index (χ4n) is 2.47. The number of ether oxygens (including phenoxy) is 1. The average Bonchev–Trinajstić information content (AvgIpc) is 2.53. The van der Waals surface area contributed by atoms with Gasteiger partial charge in [0, 0.05) is 25.7 Å². The van der Waals surface area contributed by atoms with Crippen LogP contribution in [0.15, 0.2) is 18.2 Å². The van der Waals surface area contributed by atoms with E-state index in [4.69, 9.17) is 27.9 Å². The second-order valence-corrected chi connectivity index (χ2v) is 8.57. The van der Waals surface area contributed by atoms with E-state index in [-0.39, 0.29) is 18.4 Å². The minimum absolute atomic E-state index is 0.111. The molecule has 1 N–H and O–H groups in total. The van der Waals surface area contributed by atoms with Gasteiger partial charge in [0.25, 0.3) is 5.91 Å². The number of sulfonamides is 1. The summed E-state index contributed by atoms with van der Waals surface area (Å²) in [5, 5.41) is 3.60. The summed E-state index contributed by atoms with van der Waals surface area (Å²) in [6.45, 7) is 1.40. The van der Waals surface area contributed by atoms with Crippen molar-refractivity contribution in [1.82, 2.24) is 9.62 Å². The van der Waals surface area contributed by atoms with E-state index in [1.807, 2.05) is 0 Å². The van der Waals surface area contributed by atoms with Crippen LogP contribution in [0.5, 0.6) is 5.75 Å². The van der Waals surface area contributed by atoms with Gasteiger partial charge >= 0.3 is 0 Å². The van der Waals surface area contributed by atoms with Crippen LogP contribution >= 0.6 is 23.2 Å². The maximum Gasteiger partial charge on any atom is 0.257 e. The minimum atomic E-state index is -3.12. The zero-order chi connectivity index (χ0) is 17.7. The number of rotatable bonds is 6. The van der Waals surface area contributed by atoms with Crippen LogP contribution in [0.1, 0.15) is 12.8 Å². The minimum Gasteiger partial charge on any atom is -0.484 e. The lowest BCUT2D eigenvalue weighted by Crippen LogP contribution is -2.41. The Morgan fingerprint density at radius 3 is 2.54 bits per heavy atom. The second kappa shape index (κ2) is 8.38. The van der Waals surface area contributed by atoms with Crippen molar-refractivity contribution in [2.24, 2.45) is 5.92 Å². The molecule has 1 saturated heterocycles. The molecule has 0 aliphatic carbocycles. The Bertz CT molecular complexity index is 689. The van der Waals surface area contributed by atoms with E-state index in [0.29, 0.717) is 35.4 Å². The Labute approximate surface area is 152 Å². The summed E-state index contributed by atoms with van der Waals surface area (Å²) in [5.41, 5.74) is 0. The zero-order valence-electron chi connectivity index (χ0n) is 13.3.